The summed E-state index contributed by atoms with van der Waals surface area (Å²) in [5.41, 5.74) is 1.14. The normalized spacial score (nSPS) is 22.6. The molecule has 2 aliphatic heterocycles. The molecule has 3 rings (SSSR count). The largest absolute Gasteiger partial charge is 0.370 e. The van der Waals surface area contributed by atoms with Gasteiger partial charge in [0.15, 0.2) is 5.96 Å². The molecule has 8 heteroatoms. The van der Waals surface area contributed by atoms with Gasteiger partial charge in [0.1, 0.15) is 6.10 Å². The Morgan fingerprint density at radius 2 is 2.11 bits per heavy atom. The van der Waals surface area contributed by atoms with Crippen molar-refractivity contribution in [2.75, 3.05) is 52.4 Å². The van der Waals surface area contributed by atoms with Crippen LogP contribution in [0.3, 0.4) is 0 Å². The topological polar surface area (TPSA) is 57.9 Å². The summed E-state index contributed by atoms with van der Waals surface area (Å²) in [4.78, 5) is 9.90. The van der Waals surface area contributed by atoms with Gasteiger partial charge in [-0.2, -0.15) is 5.10 Å². The second-order valence-corrected chi connectivity index (χ2v) is 7.91. The zero-order chi connectivity index (χ0) is 19.1. The lowest BCUT2D eigenvalue weighted by atomic mass is 10.1. The van der Waals surface area contributed by atoms with Crippen molar-refractivity contribution in [2.24, 2.45) is 18.0 Å². The van der Waals surface area contributed by atoms with E-state index in [1.54, 1.807) is 0 Å². The van der Waals surface area contributed by atoms with Crippen LogP contribution in [0.15, 0.2) is 17.4 Å². The summed E-state index contributed by atoms with van der Waals surface area (Å²) in [5.74, 6) is 1.59. The van der Waals surface area contributed by atoms with Crippen molar-refractivity contribution in [1.29, 1.82) is 0 Å². The minimum absolute atomic E-state index is 0. The average molecular weight is 504 g/mol. The van der Waals surface area contributed by atoms with Crippen LogP contribution < -0.4 is 5.32 Å². The summed E-state index contributed by atoms with van der Waals surface area (Å²) in [7, 11) is 1.94. The zero-order valence-corrected chi connectivity index (χ0v) is 20.0. The number of aryl methyl sites for hydroxylation is 1. The van der Waals surface area contributed by atoms with Gasteiger partial charge in [0.25, 0.3) is 0 Å². The molecule has 3 heterocycles. The van der Waals surface area contributed by atoms with Crippen LogP contribution in [0.25, 0.3) is 0 Å². The number of aromatic nitrogens is 2. The molecular formula is C20H37IN6O. The van der Waals surface area contributed by atoms with E-state index in [0.29, 0.717) is 12.5 Å². The molecule has 2 saturated heterocycles. The SMILES string of the molecule is CCNC(=NCC(C)CN1CCCCC1)N1CCOC(c2cnn(C)c2)C1.I. The third kappa shape index (κ3) is 6.88. The minimum Gasteiger partial charge on any atom is -0.370 e. The van der Waals surface area contributed by atoms with Gasteiger partial charge in [0.2, 0.25) is 0 Å². The summed E-state index contributed by atoms with van der Waals surface area (Å²) in [6.07, 6.45) is 8.09. The first kappa shape index (κ1) is 23.4. The maximum atomic E-state index is 5.98. The van der Waals surface area contributed by atoms with Crippen LogP contribution in [-0.4, -0.2) is 78.0 Å². The Kier molecular flexibility index (Phi) is 10.0. The lowest BCUT2D eigenvalue weighted by Crippen LogP contribution is -2.48. The molecule has 1 aromatic heterocycles. The molecular weight excluding hydrogens is 467 g/mol. The van der Waals surface area contributed by atoms with Gasteiger partial charge < -0.3 is 19.9 Å². The van der Waals surface area contributed by atoms with E-state index < -0.39 is 0 Å². The van der Waals surface area contributed by atoms with Crippen molar-refractivity contribution in [1.82, 2.24) is 24.9 Å². The maximum Gasteiger partial charge on any atom is 0.194 e. The van der Waals surface area contributed by atoms with E-state index in [0.717, 1.165) is 44.2 Å². The molecule has 7 nitrogen and oxygen atoms in total. The molecule has 0 aliphatic carbocycles. The summed E-state index contributed by atoms with van der Waals surface area (Å²) in [6.45, 7) is 12.3. The lowest BCUT2D eigenvalue weighted by molar-refractivity contribution is -0.00806. The first-order valence-corrected chi connectivity index (χ1v) is 10.5. The van der Waals surface area contributed by atoms with Crippen LogP contribution in [0.1, 0.15) is 44.8 Å². The Bertz CT molecular complexity index is 601. The van der Waals surface area contributed by atoms with Gasteiger partial charge in [-0.3, -0.25) is 9.67 Å². The molecule has 0 saturated carbocycles. The maximum absolute atomic E-state index is 5.98. The van der Waals surface area contributed by atoms with Crippen molar-refractivity contribution in [3.8, 4) is 0 Å². The number of piperidine rings is 1. The van der Waals surface area contributed by atoms with E-state index in [1.807, 2.05) is 24.1 Å². The molecule has 1 aromatic rings. The first-order chi connectivity index (χ1) is 13.2. The highest BCUT2D eigenvalue weighted by Crippen LogP contribution is 2.21. The lowest BCUT2D eigenvalue weighted by Gasteiger charge is -2.35. The van der Waals surface area contributed by atoms with Gasteiger partial charge in [-0.15, -0.1) is 24.0 Å². The van der Waals surface area contributed by atoms with Crippen LogP contribution in [0.5, 0.6) is 0 Å². The highest BCUT2D eigenvalue weighted by molar-refractivity contribution is 14.0. The van der Waals surface area contributed by atoms with Crippen molar-refractivity contribution in [3.05, 3.63) is 18.0 Å². The molecule has 0 spiro atoms. The average Bonchev–Trinajstić information content (AvgIpc) is 3.12. The zero-order valence-electron chi connectivity index (χ0n) is 17.6. The molecule has 0 bridgehead atoms. The molecule has 0 radical (unpaired) electrons. The number of guanidine groups is 1. The number of ether oxygens (including phenoxy) is 1. The van der Waals surface area contributed by atoms with Crippen LogP contribution in [0, 0.1) is 5.92 Å². The monoisotopic (exact) mass is 504 g/mol. The van der Waals surface area contributed by atoms with E-state index in [4.69, 9.17) is 9.73 Å². The summed E-state index contributed by atoms with van der Waals surface area (Å²) < 4.78 is 7.81. The van der Waals surface area contributed by atoms with Gasteiger partial charge in [0, 0.05) is 45.0 Å². The Labute approximate surface area is 186 Å². The first-order valence-electron chi connectivity index (χ1n) is 10.5. The Hall–Kier alpha value is -0.870. The van der Waals surface area contributed by atoms with E-state index in [9.17, 15) is 0 Å². The number of nitrogens with zero attached hydrogens (tertiary/aromatic N) is 5. The van der Waals surface area contributed by atoms with E-state index in [-0.39, 0.29) is 30.1 Å². The number of morpholine rings is 1. The summed E-state index contributed by atoms with van der Waals surface area (Å²) in [6, 6.07) is 0. The molecule has 0 aromatic carbocycles. The quantitative estimate of drug-likeness (QED) is 0.367. The number of rotatable bonds is 6. The highest BCUT2D eigenvalue weighted by atomic mass is 127. The molecule has 2 atom stereocenters. The minimum atomic E-state index is 0. The van der Waals surface area contributed by atoms with E-state index in [1.165, 1.54) is 32.4 Å². The Morgan fingerprint density at radius 3 is 2.79 bits per heavy atom. The van der Waals surface area contributed by atoms with Gasteiger partial charge >= 0.3 is 0 Å². The fraction of sp³-hybridized carbons (Fsp3) is 0.800. The van der Waals surface area contributed by atoms with E-state index >= 15 is 0 Å². The van der Waals surface area contributed by atoms with Crippen molar-refractivity contribution < 1.29 is 4.74 Å². The number of hydrogen-bond donors (Lipinski definition) is 1. The van der Waals surface area contributed by atoms with E-state index in [2.05, 4.69) is 34.1 Å². The van der Waals surface area contributed by atoms with Gasteiger partial charge in [-0.05, 0) is 38.8 Å². The van der Waals surface area contributed by atoms with Crippen molar-refractivity contribution in [3.63, 3.8) is 0 Å². The van der Waals surface area contributed by atoms with Crippen molar-refractivity contribution >= 4 is 29.9 Å². The fourth-order valence-corrected chi connectivity index (χ4v) is 3.96. The van der Waals surface area contributed by atoms with Crippen molar-refractivity contribution in [2.45, 2.75) is 39.2 Å². The fourth-order valence-electron chi connectivity index (χ4n) is 3.96. The number of nitrogens with one attached hydrogen (secondary N) is 1. The number of aliphatic imine (C=N–C) groups is 1. The number of hydrogen-bond acceptors (Lipinski definition) is 4. The predicted molar refractivity (Wildman–Crippen MR) is 124 cm³/mol. The predicted octanol–water partition coefficient (Wildman–Crippen LogP) is 2.50. The molecule has 2 unspecified atom stereocenters. The van der Waals surface area contributed by atoms with Crippen LogP contribution >= 0.6 is 24.0 Å². The van der Waals surface area contributed by atoms with Crippen LogP contribution in [-0.2, 0) is 11.8 Å². The highest BCUT2D eigenvalue weighted by Gasteiger charge is 2.25. The molecule has 2 aliphatic rings. The summed E-state index contributed by atoms with van der Waals surface area (Å²) >= 11 is 0. The molecule has 160 valence electrons. The summed E-state index contributed by atoms with van der Waals surface area (Å²) in [5, 5.41) is 7.76. The molecule has 2 fully saturated rings. The number of halogens is 1. The second kappa shape index (κ2) is 12.0. The third-order valence-corrected chi connectivity index (χ3v) is 5.37. The third-order valence-electron chi connectivity index (χ3n) is 5.37. The number of likely N-dealkylation sites (tertiary alicyclic amines) is 1. The Balaban J connectivity index is 0.00000280. The smallest absolute Gasteiger partial charge is 0.194 e. The molecule has 28 heavy (non-hydrogen) atoms. The molecule has 1 N–H and O–H groups in total. The van der Waals surface area contributed by atoms with Gasteiger partial charge in [-0.25, -0.2) is 0 Å². The van der Waals surface area contributed by atoms with Gasteiger partial charge in [-0.1, -0.05) is 13.3 Å². The van der Waals surface area contributed by atoms with Crippen LogP contribution in [0.4, 0.5) is 0 Å². The van der Waals surface area contributed by atoms with Gasteiger partial charge in [0.05, 0.1) is 19.3 Å². The Morgan fingerprint density at radius 1 is 1.32 bits per heavy atom. The second-order valence-electron chi connectivity index (χ2n) is 7.91. The standard InChI is InChI=1S/C20H36N6O.HI/c1-4-21-20(22-12-17(2)14-25-8-6-5-7-9-25)26-10-11-27-19(16-26)18-13-23-24(3)15-18;/h13,15,17,19H,4-12,14,16H2,1-3H3,(H,21,22);1H. The van der Waals surface area contributed by atoms with Crippen LogP contribution in [0.2, 0.25) is 0 Å². The molecule has 0 amide bonds.